The van der Waals surface area contributed by atoms with Crippen LogP contribution in [0.15, 0.2) is 66.7 Å². The first kappa shape index (κ1) is 27.5. The monoisotopic (exact) mass is 530 g/mol. The number of carboxylic acids is 1. The zero-order valence-corrected chi connectivity index (χ0v) is 22.1. The van der Waals surface area contributed by atoms with E-state index in [2.05, 4.69) is 10.6 Å². The highest BCUT2D eigenvalue weighted by atomic mass is 19.1. The van der Waals surface area contributed by atoms with Gasteiger partial charge in [-0.1, -0.05) is 24.3 Å². The van der Waals surface area contributed by atoms with Crippen LogP contribution in [0.2, 0.25) is 0 Å². The SMILES string of the molecule is CC(=O)N(CCN(C)C)c1ccc(NC(=C2C(=O)Nc3cc(F)ccc32)c2ccc(CCC(=O)O)cc2)cc1. The van der Waals surface area contributed by atoms with Gasteiger partial charge in [-0.2, -0.15) is 0 Å². The number of rotatable bonds is 10. The molecule has 8 nitrogen and oxygen atoms in total. The lowest BCUT2D eigenvalue weighted by Gasteiger charge is -2.23. The van der Waals surface area contributed by atoms with Crippen LogP contribution in [0, 0.1) is 5.82 Å². The van der Waals surface area contributed by atoms with Gasteiger partial charge in [-0.25, -0.2) is 4.39 Å². The molecule has 0 unspecified atom stereocenters. The van der Waals surface area contributed by atoms with Gasteiger partial charge in [0.2, 0.25) is 5.91 Å². The van der Waals surface area contributed by atoms with Crippen molar-refractivity contribution in [3.05, 3.63) is 89.2 Å². The second kappa shape index (κ2) is 11.9. The number of anilines is 3. The largest absolute Gasteiger partial charge is 0.481 e. The summed E-state index contributed by atoms with van der Waals surface area (Å²) in [6.07, 6.45) is 0.407. The Kier molecular flexibility index (Phi) is 8.41. The summed E-state index contributed by atoms with van der Waals surface area (Å²) < 4.78 is 13.9. The van der Waals surface area contributed by atoms with Crippen molar-refractivity contribution in [2.75, 3.05) is 42.7 Å². The summed E-state index contributed by atoms with van der Waals surface area (Å²) in [6.45, 7) is 2.79. The van der Waals surface area contributed by atoms with E-state index in [4.69, 9.17) is 5.11 Å². The van der Waals surface area contributed by atoms with Gasteiger partial charge in [0, 0.05) is 43.4 Å². The first-order valence-corrected chi connectivity index (χ1v) is 12.6. The zero-order valence-electron chi connectivity index (χ0n) is 22.1. The molecule has 0 saturated heterocycles. The maximum atomic E-state index is 13.9. The highest BCUT2D eigenvalue weighted by molar-refractivity contribution is 6.37. The van der Waals surface area contributed by atoms with Crippen LogP contribution in [-0.4, -0.2) is 55.0 Å². The maximum Gasteiger partial charge on any atom is 0.303 e. The molecule has 1 heterocycles. The summed E-state index contributed by atoms with van der Waals surface area (Å²) >= 11 is 0. The number of likely N-dealkylation sites (N-methyl/N-ethyl adjacent to an activating group) is 1. The highest BCUT2D eigenvalue weighted by Crippen LogP contribution is 2.38. The van der Waals surface area contributed by atoms with E-state index in [9.17, 15) is 18.8 Å². The standard InChI is InChI=1S/C30H31FN4O4/c1-19(36)35(17-16-34(2)3)24-12-10-23(11-13-24)32-29(21-7-4-20(5-8-21)6-15-27(37)38)28-25-14-9-22(31)18-26(25)33-30(28)39/h4-5,7-14,18,32H,6,15-17H2,1-3H3,(H,33,39)(H,37,38). The van der Waals surface area contributed by atoms with Gasteiger partial charge in [-0.15, -0.1) is 0 Å². The first-order chi connectivity index (χ1) is 18.6. The quantitative estimate of drug-likeness (QED) is 0.329. The number of halogens is 1. The van der Waals surface area contributed by atoms with E-state index in [-0.39, 0.29) is 18.2 Å². The third kappa shape index (κ3) is 6.69. The second-order valence-electron chi connectivity index (χ2n) is 9.63. The Balaban J connectivity index is 1.70. The molecule has 0 bridgehead atoms. The van der Waals surface area contributed by atoms with Crippen LogP contribution in [0.3, 0.4) is 0 Å². The summed E-state index contributed by atoms with van der Waals surface area (Å²) in [6, 6.07) is 18.8. The summed E-state index contributed by atoms with van der Waals surface area (Å²) in [5.74, 6) is -1.75. The molecular formula is C30H31FN4O4. The average molecular weight is 531 g/mol. The van der Waals surface area contributed by atoms with E-state index in [1.54, 1.807) is 11.0 Å². The van der Waals surface area contributed by atoms with Gasteiger partial charge >= 0.3 is 5.97 Å². The average Bonchev–Trinajstić information content (AvgIpc) is 3.21. The number of hydrogen-bond donors (Lipinski definition) is 3. The molecule has 0 radical (unpaired) electrons. The summed E-state index contributed by atoms with van der Waals surface area (Å²) in [5, 5.41) is 15.1. The van der Waals surface area contributed by atoms with Crippen LogP contribution in [0.25, 0.3) is 11.3 Å². The molecule has 39 heavy (non-hydrogen) atoms. The lowest BCUT2D eigenvalue weighted by atomic mass is 9.98. The fourth-order valence-corrected chi connectivity index (χ4v) is 4.40. The van der Waals surface area contributed by atoms with Crippen molar-refractivity contribution in [2.24, 2.45) is 0 Å². The van der Waals surface area contributed by atoms with Crippen molar-refractivity contribution >= 4 is 46.1 Å². The van der Waals surface area contributed by atoms with Gasteiger partial charge in [0.05, 0.1) is 17.0 Å². The molecule has 0 aliphatic carbocycles. The van der Waals surface area contributed by atoms with Crippen molar-refractivity contribution in [3.8, 4) is 0 Å². The van der Waals surface area contributed by atoms with Gasteiger partial charge in [0.1, 0.15) is 5.82 Å². The maximum absolute atomic E-state index is 13.9. The number of carboxylic acid groups (broad SMARTS) is 1. The Morgan fingerprint density at radius 1 is 0.974 bits per heavy atom. The van der Waals surface area contributed by atoms with Crippen LogP contribution in [0.5, 0.6) is 0 Å². The van der Waals surface area contributed by atoms with E-state index >= 15 is 0 Å². The minimum Gasteiger partial charge on any atom is -0.481 e. The Labute approximate surface area is 226 Å². The molecule has 1 aliphatic rings. The third-order valence-electron chi connectivity index (χ3n) is 6.45. The summed E-state index contributed by atoms with van der Waals surface area (Å²) in [7, 11) is 3.90. The van der Waals surface area contributed by atoms with Crippen LogP contribution in [0.1, 0.15) is 30.0 Å². The van der Waals surface area contributed by atoms with Crippen LogP contribution >= 0.6 is 0 Å². The Hall–Kier alpha value is -4.50. The molecule has 9 heteroatoms. The van der Waals surface area contributed by atoms with Crippen molar-refractivity contribution in [3.63, 3.8) is 0 Å². The molecule has 3 aromatic carbocycles. The Morgan fingerprint density at radius 2 is 1.67 bits per heavy atom. The predicted molar refractivity (Wildman–Crippen MR) is 151 cm³/mol. The van der Waals surface area contributed by atoms with Crippen molar-refractivity contribution < 1.29 is 23.9 Å². The highest BCUT2D eigenvalue weighted by Gasteiger charge is 2.29. The fourth-order valence-electron chi connectivity index (χ4n) is 4.40. The van der Waals surface area contributed by atoms with Gasteiger partial charge in [0.15, 0.2) is 0 Å². The fraction of sp³-hybridized carbons (Fsp3) is 0.233. The molecule has 202 valence electrons. The number of benzene rings is 3. The van der Waals surface area contributed by atoms with Gasteiger partial charge < -0.3 is 25.5 Å². The lowest BCUT2D eigenvalue weighted by Crippen LogP contribution is -2.35. The number of nitrogens with zero attached hydrogens (tertiary/aromatic N) is 2. The molecule has 2 amide bonds. The van der Waals surface area contributed by atoms with Gasteiger partial charge in [-0.05, 0) is 74.1 Å². The predicted octanol–water partition coefficient (Wildman–Crippen LogP) is 4.69. The smallest absolute Gasteiger partial charge is 0.303 e. The third-order valence-corrected chi connectivity index (χ3v) is 6.45. The first-order valence-electron chi connectivity index (χ1n) is 12.6. The number of nitrogens with one attached hydrogen (secondary N) is 2. The number of aryl methyl sites for hydroxylation is 1. The topological polar surface area (TPSA) is 102 Å². The molecule has 0 fully saturated rings. The van der Waals surface area contributed by atoms with E-state index in [1.807, 2.05) is 67.5 Å². The molecule has 3 N–H and O–H groups in total. The normalized spacial score (nSPS) is 13.6. The molecule has 0 saturated carbocycles. The van der Waals surface area contributed by atoms with Crippen LogP contribution in [0.4, 0.5) is 21.5 Å². The minimum absolute atomic E-state index is 0.0189. The number of aliphatic carboxylic acids is 1. The molecule has 4 rings (SSSR count). The van der Waals surface area contributed by atoms with Crippen LogP contribution < -0.4 is 15.5 Å². The Morgan fingerprint density at radius 3 is 2.28 bits per heavy atom. The van der Waals surface area contributed by atoms with Gasteiger partial charge in [-0.3, -0.25) is 14.4 Å². The van der Waals surface area contributed by atoms with Crippen molar-refractivity contribution in [1.29, 1.82) is 0 Å². The number of fused-ring (bicyclic) bond motifs is 1. The Bertz CT molecular complexity index is 1420. The van der Waals surface area contributed by atoms with E-state index in [0.717, 1.165) is 11.3 Å². The minimum atomic E-state index is -0.872. The molecular weight excluding hydrogens is 499 g/mol. The molecule has 3 aromatic rings. The molecule has 1 aliphatic heterocycles. The van der Waals surface area contributed by atoms with Gasteiger partial charge in [0.25, 0.3) is 5.91 Å². The molecule has 0 atom stereocenters. The number of hydrogen-bond acceptors (Lipinski definition) is 5. The number of amides is 2. The second-order valence-corrected chi connectivity index (χ2v) is 9.63. The van der Waals surface area contributed by atoms with E-state index < -0.39 is 11.8 Å². The van der Waals surface area contributed by atoms with Crippen molar-refractivity contribution in [2.45, 2.75) is 19.8 Å². The lowest BCUT2D eigenvalue weighted by molar-refractivity contribution is -0.137. The van der Waals surface area contributed by atoms with E-state index in [0.29, 0.717) is 53.3 Å². The van der Waals surface area contributed by atoms with Crippen molar-refractivity contribution in [1.82, 2.24) is 4.90 Å². The summed E-state index contributed by atoms with van der Waals surface area (Å²) in [4.78, 5) is 40.0. The van der Waals surface area contributed by atoms with Crippen LogP contribution in [-0.2, 0) is 20.8 Å². The summed E-state index contributed by atoms with van der Waals surface area (Å²) in [5.41, 5.74) is 4.85. The molecule has 0 aromatic heterocycles. The number of carbonyl (C=O) groups excluding carboxylic acids is 2. The molecule has 0 spiro atoms. The van der Waals surface area contributed by atoms with E-state index in [1.165, 1.54) is 19.1 Å². The zero-order chi connectivity index (χ0) is 28.1. The number of carbonyl (C=O) groups is 3.